The molecule has 0 spiro atoms. The van der Waals surface area contributed by atoms with E-state index in [1.807, 2.05) is 6.07 Å². The van der Waals surface area contributed by atoms with Crippen molar-refractivity contribution in [2.24, 2.45) is 16.5 Å². The zero-order valence-corrected chi connectivity index (χ0v) is 10.9. The van der Waals surface area contributed by atoms with E-state index in [2.05, 4.69) is 9.98 Å². The topological polar surface area (TPSA) is 115 Å². The number of nitrogens with zero attached hydrogens (tertiary/aromatic N) is 2. The lowest BCUT2D eigenvalue weighted by molar-refractivity contribution is 0.0691. The van der Waals surface area contributed by atoms with Crippen molar-refractivity contribution in [3.8, 4) is 0 Å². The van der Waals surface area contributed by atoms with Crippen molar-refractivity contribution >= 4 is 28.4 Å². The van der Waals surface area contributed by atoms with E-state index in [9.17, 15) is 4.79 Å². The molecule has 1 heterocycles. The van der Waals surface area contributed by atoms with Gasteiger partial charge in [0, 0.05) is 29.8 Å². The van der Waals surface area contributed by atoms with Crippen LogP contribution in [0.1, 0.15) is 16.1 Å². The molecule has 2 rings (SSSR count). The molecule has 0 bridgehead atoms. The summed E-state index contributed by atoms with van der Waals surface area (Å²) in [6.45, 7) is 0. The van der Waals surface area contributed by atoms with Gasteiger partial charge >= 0.3 is 5.97 Å². The molecule has 2 aromatic rings. The van der Waals surface area contributed by atoms with Crippen molar-refractivity contribution in [2.45, 2.75) is 0 Å². The molecule has 0 saturated carbocycles. The highest BCUT2D eigenvalue weighted by molar-refractivity contribution is 6.01. The van der Waals surface area contributed by atoms with Crippen LogP contribution < -0.4 is 11.5 Å². The lowest BCUT2D eigenvalue weighted by atomic mass is 10.0. The summed E-state index contributed by atoms with van der Waals surface area (Å²) in [5.41, 5.74) is 13.3. The summed E-state index contributed by atoms with van der Waals surface area (Å²) < 4.78 is 0. The van der Waals surface area contributed by atoms with E-state index in [0.29, 0.717) is 17.0 Å². The number of hydrogen-bond donors (Lipinski definition) is 3. The first-order chi connectivity index (χ1) is 9.52. The summed E-state index contributed by atoms with van der Waals surface area (Å²) in [6, 6.07) is 8.44. The molecule has 5 N–H and O–H groups in total. The Morgan fingerprint density at radius 3 is 2.70 bits per heavy atom. The maximum atomic E-state index is 10.9. The zero-order valence-electron chi connectivity index (χ0n) is 10.9. The molecule has 0 amide bonds. The number of amidine groups is 1. The number of carboxylic acids is 1. The van der Waals surface area contributed by atoms with E-state index in [1.165, 1.54) is 6.07 Å². The monoisotopic (exact) mass is 270 g/mol. The first-order valence-corrected chi connectivity index (χ1v) is 5.86. The molecule has 0 radical (unpaired) electrons. The number of benzene rings is 1. The molecular weight excluding hydrogens is 256 g/mol. The predicted octanol–water partition coefficient (Wildman–Crippen LogP) is 1.22. The Hall–Kier alpha value is -2.89. The van der Waals surface area contributed by atoms with Gasteiger partial charge in [-0.05, 0) is 18.2 Å². The van der Waals surface area contributed by atoms with Gasteiger partial charge in [-0.3, -0.25) is 4.99 Å². The minimum atomic E-state index is -1.07. The second-order valence-electron chi connectivity index (χ2n) is 4.12. The fourth-order valence-corrected chi connectivity index (χ4v) is 1.83. The number of hydrogen-bond acceptors (Lipinski definition) is 4. The summed E-state index contributed by atoms with van der Waals surface area (Å²) in [6.07, 6.45) is 1.56. The third-order valence-corrected chi connectivity index (χ3v) is 2.82. The summed E-state index contributed by atoms with van der Waals surface area (Å²) in [5, 5.41) is 9.70. The SMILES string of the molecule is CN=C(N)/C=C(\N)c1cccc2nc(C(=O)O)ccc12. The van der Waals surface area contributed by atoms with Crippen molar-refractivity contribution < 1.29 is 9.90 Å². The highest BCUT2D eigenvalue weighted by atomic mass is 16.4. The third-order valence-electron chi connectivity index (χ3n) is 2.82. The van der Waals surface area contributed by atoms with Gasteiger partial charge in [0.25, 0.3) is 0 Å². The summed E-state index contributed by atoms with van der Waals surface area (Å²) in [5.74, 6) is -0.752. The molecule has 0 aliphatic rings. The Kier molecular flexibility index (Phi) is 3.65. The molecule has 0 atom stereocenters. The van der Waals surface area contributed by atoms with E-state index in [1.54, 1.807) is 31.3 Å². The number of carboxylic acid groups (broad SMARTS) is 1. The average Bonchev–Trinajstić information content (AvgIpc) is 2.45. The molecule has 1 aromatic heterocycles. The van der Waals surface area contributed by atoms with Crippen molar-refractivity contribution in [3.63, 3.8) is 0 Å². The second kappa shape index (κ2) is 5.40. The van der Waals surface area contributed by atoms with Crippen LogP contribution in [0.5, 0.6) is 0 Å². The molecule has 6 nitrogen and oxygen atoms in total. The number of aliphatic imine (C=N–C) groups is 1. The Bertz CT molecular complexity index is 735. The third kappa shape index (κ3) is 2.59. The molecule has 6 heteroatoms. The van der Waals surface area contributed by atoms with Gasteiger partial charge in [-0.15, -0.1) is 0 Å². The maximum absolute atomic E-state index is 10.9. The Morgan fingerprint density at radius 1 is 1.30 bits per heavy atom. The van der Waals surface area contributed by atoms with Gasteiger partial charge < -0.3 is 16.6 Å². The quantitative estimate of drug-likeness (QED) is 0.573. The molecule has 20 heavy (non-hydrogen) atoms. The van der Waals surface area contributed by atoms with Crippen molar-refractivity contribution in [2.75, 3.05) is 7.05 Å². The first-order valence-electron chi connectivity index (χ1n) is 5.86. The molecule has 0 saturated heterocycles. The fourth-order valence-electron chi connectivity index (χ4n) is 1.83. The van der Waals surface area contributed by atoms with Gasteiger partial charge in [-0.1, -0.05) is 12.1 Å². The number of nitrogens with two attached hydrogens (primary N) is 2. The lowest BCUT2D eigenvalue weighted by Gasteiger charge is -2.07. The van der Waals surface area contributed by atoms with Crippen molar-refractivity contribution in [3.05, 3.63) is 47.7 Å². The normalized spacial score (nSPS) is 12.7. The molecule has 1 aromatic carbocycles. The average molecular weight is 270 g/mol. The van der Waals surface area contributed by atoms with Crippen LogP contribution in [0.4, 0.5) is 0 Å². The van der Waals surface area contributed by atoms with Gasteiger partial charge in [0.05, 0.1) is 5.52 Å². The largest absolute Gasteiger partial charge is 0.477 e. The van der Waals surface area contributed by atoms with E-state index < -0.39 is 5.97 Å². The van der Waals surface area contributed by atoms with Gasteiger partial charge in [0.1, 0.15) is 11.5 Å². The number of aromatic nitrogens is 1. The minimum Gasteiger partial charge on any atom is -0.477 e. The summed E-state index contributed by atoms with van der Waals surface area (Å²) >= 11 is 0. The lowest BCUT2D eigenvalue weighted by Crippen LogP contribution is -2.11. The minimum absolute atomic E-state index is 0.00756. The van der Waals surface area contributed by atoms with Crippen molar-refractivity contribution in [1.82, 2.24) is 4.98 Å². The van der Waals surface area contributed by atoms with Crippen LogP contribution >= 0.6 is 0 Å². The molecule has 102 valence electrons. The van der Waals surface area contributed by atoms with E-state index in [-0.39, 0.29) is 5.69 Å². The smallest absolute Gasteiger partial charge is 0.354 e. The molecular formula is C14H14N4O2. The van der Waals surface area contributed by atoms with Crippen LogP contribution in [0, 0.1) is 0 Å². The summed E-state index contributed by atoms with van der Waals surface area (Å²) in [7, 11) is 1.57. The van der Waals surface area contributed by atoms with Crippen LogP contribution in [0.2, 0.25) is 0 Å². The van der Waals surface area contributed by atoms with Crippen molar-refractivity contribution in [1.29, 1.82) is 0 Å². The van der Waals surface area contributed by atoms with Gasteiger partial charge in [0.15, 0.2) is 0 Å². The second-order valence-corrected chi connectivity index (χ2v) is 4.12. The number of pyridine rings is 1. The number of rotatable bonds is 3. The number of carbonyl (C=O) groups is 1. The standard InChI is InChI=1S/C14H14N4O2/c1-17-13(16)7-10(15)8-3-2-4-11-9(8)5-6-12(18-11)14(19)20/h2-7H,15H2,1H3,(H2,16,17)(H,19,20)/b10-7-. The van der Waals surface area contributed by atoms with Crippen LogP contribution in [0.25, 0.3) is 16.6 Å². The van der Waals surface area contributed by atoms with E-state index >= 15 is 0 Å². The van der Waals surface area contributed by atoms with Gasteiger partial charge in [-0.25, -0.2) is 9.78 Å². The van der Waals surface area contributed by atoms with Crippen LogP contribution in [0.15, 0.2) is 41.4 Å². The van der Waals surface area contributed by atoms with Crippen LogP contribution in [0.3, 0.4) is 0 Å². The number of fused-ring (bicyclic) bond motifs is 1. The number of aromatic carboxylic acids is 1. The van der Waals surface area contributed by atoms with Gasteiger partial charge in [-0.2, -0.15) is 0 Å². The highest BCUT2D eigenvalue weighted by Gasteiger charge is 2.09. The van der Waals surface area contributed by atoms with Gasteiger partial charge in [0.2, 0.25) is 0 Å². The Labute approximate surface area is 115 Å². The maximum Gasteiger partial charge on any atom is 0.354 e. The molecule has 0 unspecified atom stereocenters. The van der Waals surface area contributed by atoms with Crippen LogP contribution in [-0.2, 0) is 0 Å². The van der Waals surface area contributed by atoms with Crippen LogP contribution in [-0.4, -0.2) is 28.9 Å². The summed E-state index contributed by atoms with van der Waals surface area (Å²) in [4.78, 5) is 18.8. The van der Waals surface area contributed by atoms with E-state index in [0.717, 1.165) is 10.9 Å². The Morgan fingerprint density at radius 2 is 2.05 bits per heavy atom. The molecule has 0 aliphatic heterocycles. The zero-order chi connectivity index (χ0) is 14.7. The van der Waals surface area contributed by atoms with E-state index in [4.69, 9.17) is 16.6 Å². The molecule has 0 fully saturated rings. The fraction of sp³-hybridized carbons (Fsp3) is 0.0714. The first kappa shape index (κ1) is 13.5. The highest BCUT2D eigenvalue weighted by Crippen LogP contribution is 2.21. The molecule has 0 aliphatic carbocycles. The predicted molar refractivity (Wildman–Crippen MR) is 78.4 cm³/mol. The Balaban J connectivity index is 2.61.